The maximum absolute atomic E-state index is 11.6. The predicted molar refractivity (Wildman–Crippen MR) is 90.5 cm³/mol. The largest absolute Gasteiger partial charge is 0.384 e. The highest BCUT2D eigenvalue weighted by Gasteiger charge is 2.41. The number of benzene rings is 1. The molecule has 0 saturated carbocycles. The molecule has 3 heterocycles. The van der Waals surface area contributed by atoms with Gasteiger partial charge in [0.2, 0.25) is 5.91 Å². The van der Waals surface area contributed by atoms with Crippen molar-refractivity contribution < 1.29 is 4.79 Å². The maximum Gasteiger partial charge on any atom is 0.220 e. The summed E-state index contributed by atoms with van der Waals surface area (Å²) >= 11 is 0. The van der Waals surface area contributed by atoms with E-state index in [1.165, 1.54) is 29.7 Å². The lowest BCUT2D eigenvalue weighted by Gasteiger charge is -2.39. The van der Waals surface area contributed by atoms with E-state index in [1.54, 1.807) is 0 Å². The van der Waals surface area contributed by atoms with Crippen LogP contribution < -0.4 is 10.6 Å². The Balaban J connectivity index is 0.00000144. The highest BCUT2D eigenvalue weighted by molar-refractivity contribution is 5.85. The molecule has 1 atom stereocenters. The van der Waals surface area contributed by atoms with Gasteiger partial charge in [-0.3, -0.25) is 9.69 Å². The molecule has 4 rings (SSSR count). The third-order valence-electron chi connectivity index (χ3n) is 5.26. The molecule has 1 amide bonds. The molecule has 1 aromatic rings. The second-order valence-corrected chi connectivity index (χ2v) is 6.90. The summed E-state index contributed by atoms with van der Waals surface area (Å²) in [7, 11) is 0. The monoisotopic (exact) mass is 321 g/mol. The number of anilines is 1. The first-order chi connectivity index (χ1) is 10.2. The number of rotatable bonds is 2. The van der Waals surface area contributed by atoms with Crippen LogP contribution in [0.3, 0.4) is 0 Å². The first-order valence-electron chi connectivity index (χ1n) is 8.08. The highest BCUT2D eigenvalue weighted by atomic mass is 35.5. The minimum Gasteiger partial charge on any atom is -0.384 e. The number of nitrogens with zero attached hydrogens (tertiary/aromatic N) is 1. The smallest absolute Gasteiger partial charge is 0.220 e. The standard InChI is InChI=1S/C17H23N3O.ClH/c21-15-9-17(11-19-15)6-2-8-20(12-17)10-14-4-1-3-13-5-7-18-16(13)14;/h1,3-4,18H,2,5-12H2,(H,19,21);1H. The van der Waals surface area contributed by atoms with Gasteiger partial charge in [0.05, 0.1) is 0 Å². The van der Waals surface area contributed by atoms with Crippen LogP contribution in [0.2, 0.25) is 0 Å². The number of likely N-dealkylation sites (tertiary alicyclic amines) is 1. The molecule has 0 bridgehead atoms. The van der Waals surface area contributed by atoms with Crippen LogP contribution in [0.1, 0.15) is 30.4 Å². The van der Waals surface area contributed by atoms with Crippen LogP contribution in [0.4, 0.5) is 5.69 Å². The minimum atomic E-state index is 0. The maximum atomic E-state index is 11.6. The first kappa shape index (κ1) is 15.6. The molecule has 1 unspecified atom stereocenters. The van der Waals surface area contributed by atoms with Crippen molar-refractivity contribution in [3.8, 4) is 0 Å². The fourth-order valence-corrected chi connectivity index (χ4v) is 4.27. The van der Waals surface area contributed by atoms with Crippen LogP contribution in [0.5, 0.6) is 0 Å². The number of fused-ring (bicyclic) bond motifs is 1. The van der Waals surface area contributed by atoms with Crippen molar-refractivity contribution in [2.75, 3.05) is 31.5 Å². The Kier molecular flexibility index (Phi) is 4.33. The predicted octanol–water partition coefficient (Wildman–Crippen LogP) is 2.18. The zero-order chi connectivity index (χ0) is 14.3. The zero-order valence-corrected chi connectivity index (χ0v) is 13.7. The summed E-state index contributed by atoms with van der Waals surface area (Å²) in [5.74, 6) is 0.235. The molecule has 3 aliphatic heterocycles. The molecular weight excluding hydrogens is 298 g/mol. The molecular formula is C17H24ClN3O. The SMILES string of the molecule is Cl.O=C1CC2(CCCN(Cc3cccc4c3NCC4)C2)CN1. The molecule has 120 valence electrons. The highest BCUT2D eigenvalue weighted by Crippen LogP contribution is 2.37. The second kappa shape index (κ2) is 6.09. The van der Waals surface area contributed by atoms with Crippen LogP contribution >= 0.6 is 12.4 Å². The van der Waals surface area contributed by atoms with Crippen LogP contribution in [0, 0.1) is 5.41 Å². The third-order valence-corrected chi connectivity index (χ3v) is 5.26. The van der Waals surface area contributed by atoms with Crippen LogP contribution in [-0.4, -0.2) is 37.0 Å². The molecule has 0 radical (unpaired) electrons. The van der Waals surface area contributed by atoms with Gasteiger partial charge in [0.15, 0.2) is 0 Å². The van der Waals surface area contributed by atoms with Gasteiger partial charge in [-0.1, -0.05) is 18.2 Å². The number of hydrogen-bond donors (Lipinski definition) is 2. The molecule has 2 saturated heterocycles. The summed E-state index contributed by atoms with van der Waals surface area (Å²) in [5, 5.41) is 6.56. The molecule has 2 N–H and O–H groups in total. The van der Waals surface area contributed by atoms with Gasteiger partial charge >= 0.3 is 0 Å². The van der Waals surface area contributed by atoms with Crippen LogP contribution in [0.15, 0.2) is 18.2 Å². The fourth-order valence-electron chi connectivity index (χ4n) is 4.27. The van der Waals surface area contributed by atoms with E-state index in [1.807, 2.05) is 0 Å². The first-order valence-corrected chi connectivity index (χ1v) is 8.08. The van der Waals surface area contributed by atoms with Gasteiger partial charge in [-0.05, 0) is 36.9 Å². The zero-order valence-electron chi connectivity index (χ0n) is 12.9. The van der Waals surface area contributed by atoms with Gasteiger partial charge in [0, 0.05) is 43.7 Å². The Hall–Kier alpha value is -1.26. The lowest BCUT2D eigenvalue weighted by molar-refractivity contribution is -0.119. The quantitative estimate of drug-likeness (QED) is 0.877. The van der Waals surface area contributed by atoms with Gasteiger partial charge < -0.3 is 10.6 Å². The molecule has 3 aliphatic rings. The normalized spacial score (nSPS) is 27.2. The van der Waals surface area contributed by atoms with Gasteiger partial charge in [-0.2, -0.15) is 0 Å². The topological polar surface area (TPSA) is 44.4 Å². The van der Waals surface area contributed by atoms with Crippen molar-refractivity contribution in [3.05, 3.63) is 29.3 Å². The summed E-state index contributed by atoms with van der Waals surface area (Å²) in [6.45, 7) is 5.14. The molecule has 4 nitrogen and oxygen atoms in total. The van der Waals surface area contributed by atoms with E-state index in [9.17, 15) is 4.79 Å². The van der Waals surface area contributed by atoms with E-state index >= 15 is 0 Å². The number of para-hydroxylation sites is 1. The number of carbonyl (C=O) groups is 1. The number of piperidine rings is 1. The van der Waals surface area contributed by atoms with Crippen molar-refractivity contribution in [2.24, 2.45) is 5.41 Å². The third kappa shape index (κ3) is 2.82. The summed E-state index contributed by atoms with van der Waals surface area (Å²) in [4.78, 5) is 14.1. The van der Waals surface area contributed by atoms with Crippen LogP contribution in [0.25, 0.3) is 0 Å². The van der Waals surface area contributed by atoms with Crippen molar-refractivity contribution in [1.82, 2.24) is 10.2 Å². The van der Waals surface area contributed by atoms with E-state index in [0.29, 0.717) is 6.42 Å². The van der Waals surface area contributed by atoms with E-state index in [0.717, 1.165) is 39.1 Å². The Morgan fingerprint density at radius 3 is 3.00 bits per heavy atom. The van der Waals surface area contributed by atoms with Crippen molar-refractivity contribution >= 4 is 24.0 Å². The van der Waals surface area contributed by atoms with Crippen molar-refractivity contribution in [1.29, 1.82) is 0 Å². The second-order valence-electron chi connectivity index (χ2n) is 6.90. The van der Waals surface area contributed by atoms with E-state index in [-0.39, 0.29) is 23.7 Å². The van der Waals surface area contributed by atoms with Crippen molar-refractivity contribution in [2.45, 2.75) is 32.2 Å². The lowest BCUT2D eigenvalue weighted by atomic mass is 9.79. The van der Waals surface area contributed by atoms with E-state index in [2.05, 4.69) is 33.7 Å². The molecule has 2 fully saturated rings. The van der Waals surface area contributed by atoms with E-state index in [4.69, 9.17) is 0 Å². The number of carbonyl (C=O) groups excluding carboxylic acids is 1. The summed E-state index contributed by atoms with van der Waals surface area (Å²) in [5.41, 5.74) is 4.43. The van der Waals surface area contributed by atoms with Crippen LogP contribution in [-0.2, 0) is 17.8 Å². The number of amides is 1. The Morgan fingerprint density at radius 1 is 1.27 bits per heavy atom. The van der Waals surface area contributed by atoms with Crippen molar-refractivity contribution in [3.63, 3.8) is 0 Å². The number of halogens is 1. The van der Waals surface area contributed by atoms with Gasteiger partial charge in [0.1, 0.15) is 0 Å². The van der Waals surface area contributed by atoms with E-state index < -0.39 is 0 Å². The fraction of sp³-hybridized carbons (Fsp3) is 0.588. The summed E-state index contributed by atoms with van der Waals surface area (Å²) in [6.07, 6.45) is 4.25. The molecule has 0 aromatic heterocycles. The molecule has 1 spiro atoms. The van der Waals surface area contributed by atoms with Gasteiger partial charge in [-0.15, -0.1) is 12.4 Å². The Bertz CT molecular complexity index is 577. The van der Waals surface area contributed by atoms with Gasteiger partial charge in [0.25, 0.3) is 0 Å². The molecule has 22 heavy (non-hydrogen) atoms. The molecule has 5 heteroatoms. The number of hydrogen-bond acceptors (Lipinski definition) is 3. The summed E-state index contributed by atoms with van der Waals surface area (Å²) in [6, 6.07) is 6.66. The summed E-state index contributed by atoms with van der Waals surface area (Å²) < 4.78 is 0. The van der Waals surface area contributed by atoms with Gasteiger partial charge in [-0.25, -0.2) is 0 Å². The average molecular weight is 322 g/mol. The number of nitrogens with one attached hydrogen (secondary N) is 2. The Morgan fingerprint density at radius 2 is 2.18 bits per heavy atom. The average Bonchev–Trinajstić information content (AvgIpc) is 3.07. The minimum absolute atomic E-state index is 0. The molecule has 0 aliphatic carbocycles. The molecule has 1 aromatic carbocycles. The lowest BCUT2D eigenvalue weighted by Crippen LogP contribution is -2.44. The Labute approximate surface area is 138 Å².